The lowest BCUT2D eigenvalue weighted by Gasteiger charge is -2.24. The van der Waals surface area contributed by atoms with Gasteiger partial charge in [-0.1, -0.05) is 17.5 Å². The molecule has 1 fully saturated rings. The number of ether oxygens (including phenoxy) is 1. The highest BCUT2D eigenvalue weighted by Gasteiger charge is 2.56. The van der Waals surface area contributed by atoms with E-state index < -0.39 is 41.2 Å². The van der Waals surface area contributed by atoms with Gasteiger partial charge in [0.05, 0.1) is 6.61 Å². The van der Waals surface area contributed by atoms with Crippen LogP contribution in [0.25, 0.3) is 0 Å². The molecule has 0 saturated carbocycles. The number of halogens is 1. The van der Waals surface area contributed by atoms with Gasteiger partial charge in [-0.3, -0.25) is 9.78 Å². The van der Waals surface area contributed by atoms with Gasteiger partial charge >= 0.3 is 5.69 Å². The van der Waals surface area contributed by atoms with Gasteiger partial charge in [0.1, 0.15) is 18.4 Å². The van der Waals surface area contributed by atoms with Crippen molar-refractivity contribution >= 4 is 11.6 Å². The number of aliphatic hydroxyl groups excluding tert-OH is 2. The third-order valence-electron chi connectivity index (χ3n) is 2.81. The SMILES string of the molecule is C#CC1(Cl)[C@@H](O)[C@@H](CO)O[C@H]1n1ncc(=O)[nH]c1=O. The molecule has 1 aliphatic heterocycles. The Labute approximate surface area is 111 Å². The monoisotopic (exact) mass is 287 g/mol. The summed E-state index contributed by atoms with van der Waals surface area (Å²) in [5, 5.41) is 22.5. The molecule has 102 valence electrons. The van der Waals surface area contributed by atoms with Gasteiger partial charge < -0.3 is 14.9 Å². The molecule has 8 nitrogen and oxygen atoms in total. The molecule has 2 heterocycles. The van der Waals surface area contributed by atoms with Crippen LogP contribution in [0.4, 0.5) is 0 Å². The lowest BCUT2D eigenvalue weighted by Crippen LogP contribution is -2.45. The van der Waals surface area contributed by atoms with E-state index in [9.17, 15) is 14.7 Å². The van der Waals surface area contributed by atoms with Crippen molar-refractivity contribution in [2.75, 3.05) is 6.61 Å². The van der Waals surface area contributed by atoms with Gasteiger partial charge in [-0.2, -0.15) is 9.78 Å². The normalized spacial score (nSPS) is 34.1. The number of hydrogen-bond donors (Lipinski definition) is 3. The maximum atomic E-state index is 11.6. The summed E-state index contributed by atoms with van der Waals surface area (Å²) in [6, 6.07) is 0. The van der Waals surface area contributed by atoms with E-state index in [0.29, 0.717) is 4.68 Å². The molecule has 9 heteroatoms. The van der Waals surface area contributed by atoms with Gasteiger partial charge in [-0.25, -0.2) is 4.79 Å². The lowest BCUT2D eigenvalue weighted by molar-refractivity contribution is -0.0514. The fourth-order valence-corrected chi connectivity index (χ4v) is 2.10. The zero-order valence-corrected chi connectivity index (χ0v) is 10.2. The minimum atomic E-state index is -1.78. The molecule has 0 aliphatic carbocycles. The number of hydrogen-bond acceptors (Lipinski definition) is 6. The van der Waals surface area contributed by atoms with Gasteiger partial charge in [-0.15, -0.1) is 6.42 Å². The second-order valence-electron chi connectivity index (χ2n) is 3.95. The molecule has 0 spiro atoms. The van der Waals surface area contributed by atoms with Gasteiger partial charge in [0.25, 0.3) is 5.56 Å². The van der Waals surface area contributed by atoms with Crippen molar-refractivity contribution < 1.29 is 14.9 Å². The van der Waals surface area contributed by atoms with Gasteiger partial charge in [0.15, 0.2) is 11.1 Å². The third kappa shape index (κ3) is 2.06. The number of H-pyrrole nitrogens is 1. The fourth-order valence-electron chi connectivity index (χ4n) is 1.82. The topological polar surface area (TPSA) is 117 Å². The number of rotatable bonds is 2. The van der Waals surface area contributed by atoms with Crippen molar-refractivity contribution in [3.63, 3.8) is 0 Å². The van der Waals surface area contributed by atoms with Crippen molar-refractivity contribution in [1.82, 2.24) is 14.8 Å². The summed E-state index contributed by atoms with van der Waals surface area (Å²) in [5.74, 6) is 2.13. The van der Waals surface area contributed by atoms with E-state index in [1.807, 2.05) is 4.98 Å². The van der Waals surface area contributed by atoms with E-state index in [-0.39, 0.29) is 0 Å². The number of nitrogens with one attached hydrogen (secondary N) is 1. The standard InChI is InChI=1S/C10H10ClN3O5/c1-2-10(11)7(17)5(4-15)19-8(10)14-9(18)13-6(16)3-12-14/h1,3,5,7-8,15,17H,4H2,(H,13,16,18)/t5-,7+,8-,10?/m1/s1. The first-order valence-electron chi connectivity index (χ1n) is 5.23. The molecular formula is C10H10ClN3O5. The Morgan fingerprint density at radius 1 is 1.68 bits per heavy atom. The molecule has 2 rings (SSSR count). The first-order valence-corrected chi connectivity index (χ1v) is 5.61. The molecule has 1 aliphatic rings. The predicted molar refractivity (Wildman–Crippen MR) is 63.5 cm³/mol. The maximum absolute atomic E-state index is 11.6. The first kappa shape index (κ1) is 13.8. The summed E-state index contributed by atoms with van der Waals surface area (Å²) < 4.78 is 5.96. The largest absolute Gasteiger partial charge is 0.394 e. The van der Waals surface area contributed by atoms with Crippen molar-refractivity contribution in [3.05, 3.63) is 27.0 Å². The average molecular weight is 288 g/mol. The molecule has 0 amide bonds. The second-order valence-corrected chi connectivity index (χ2v) is 4.58. The summed E-state index contributed by atoms with van der Waals surface area (Å²) in [6.45, 7) is -0.536. The van der Waals surface area contributed by atoms with Crippen LogP contribution in [0.2, 0.25) is 0 Å². The molecule has 1 aromatic heterocycles. The number of terminal acetylenes is 1. The molecule has 0 radical (unpaired) electrons. The summed E-state index contributed by atoms with van der Waals surface area (Å²) in [6.07, 6.45) is 2.35. The van der Waals surface area contributed by atoms with Crippen LogP contribution < -0.4 is 11.2 Å². The highest BCUT2D eigenvalue weighted by molar-refractivity contribution is 6.27. The molecule has 0 bridgehead atoms. The number of alkyl halides is 1. The average Bonchev–Trinajstić information content (AvgIpc) is 2.63. The Morgan fingerprint density at radius 3 is 2.89 bits per heavy atom. The summed E-state index contributed by atoms with van der Waals surface area (Å²) >= 11 is 6.08. The highest BCUT2D eigenvalue weighted by atomic mass is 35.5. The molecule has 0 aromatic carbocycles. The van der Waals surface area contributed by atoms with Crippen LogP contribution in [0.15, 0.2) is 15.8 Å². The zero-order valence-electron chi connectivity index (χ0n) is 9.49. The van der Waals surface area contributed by atoms with E-state index in [1.165, 1.54) is 0 Å². The lowest BCUT2D eigenvalue weighted by atomic mass is 10.00. The zero-order chi connectivity index (χ0) is 14.2. The molecule has 1 unspecified atom stereocenters. The number of aliphatic hydroxyl groups is 2. The van der Waals surface area contributed by atoms with E-state index in [0.717, 1.165) is 6.20 Å². The first-order chi connectivity index (χ1) is 8.93. The fraction of sp³-hybridized carbons (Fsp3) is 0.500. The smallest absolute Gasteiger partial charge is 0.347 e. The summed E-state index contributed by atoms with van der Waals surface area (Å²) in [7, 11) is 0. The van der Waals surface area contributed by atoms with Crippen LogP contribution in [0.3, 0.4) is 0 Å². The van der Waals surface area contributed by atoms with Crippen LogP contribution in [0.1, 0.15) is 6.23 Å². The van der Waals surface area contributed by atoms with E-state index in [1.54, 1.807) is 0 Å². The third-order valence-corrected chi connectivity index (χ3v) is 3.33. The van der Waals surface area contributed by atoms with Crippen molar-refractivity contribution in [3.8, 4) is 12.3 Å². The Hall–Kier alpha value is -1.66. The molecular weight excluding hydrogens is 278 g/mol. The van der Waals surface area contributed by atoms with E-state index >= 15 is 0 Å². The van der Waals surface area contributed by atoms with Crippen LogP contribution in [0, 0.1) is 12.3 Å². The maximum Gasteiger partial charge on any atom is 0.347 e. The van der Waals surface area contributed by atoms with Crippen LogP contribution in [0.5, 0.6) is 0 Å². The Balaban J connectivity index is 2.52. The van der Waals surface area contributed by atoms with Crippen molar-refractivity contribution in [2.24, 2.45) is 0 Å². The quantitative estimate of drug-likeness (QED) is 0.419. The summed E-state index contributed by atoms with van der Waals surface area (Å²) in [4.78, 5) is 22.8. The molecule has 4 atom stereocenters. The van der Waals surface area contributed by atoms with Crippen LogP contribution in [-0.4, -0.2) is 48.7 Å². The van der Waals surface area contributed by atoms with Crippen molar-refractivity contribution in [2.45, 2.75) is 23.3 Å². The number of nitrogens with zero attached hydrogens (tertiary/aromatic N) is 2. The number of aromatic nitrogens is 3. The van der Waals surface area contributed by atoms with Crippen LogP contribution in [-0.2, 0) is 4.74 Å². The van der Waals surface area contributed by atoms with Gasteiger partial charge in [0.2, 0.25) is 0 Å². The Morgan fingerprint density at radius 2 is 2.37 bits per heavy atom. The molecule has 1 aromatic rings. The minimum Gasteiger partial charge on any atom is -0.394 e. The van der Waals surface area contributed by atoms with Gasteiger partial charge in [-0.05, 0) is 0 Å². The van der Waals surface area contributed by atoms with Gasteiger partial charge in [0, 0.05) is 0 Å². The molecule has 19 heavy (non-hydrogen) atoms. The Bertz CT molecular complexity index is 635. The highest BCUT2D eigenvalue weighted by Crippen LogP contribution is 2.41. The van der Waals surface area contributed by atoms with E-state index in [2.05, 4.69) is 11.0 Å². The second kappa shape index (κ2) is 4.79. The Kier molecular flexibility index (Phi) is 3.47. The van der Waals surface area contributed by atoms with Crippen molar-refractivity contribution in [1.29, 1.82) is 0 Å². The summed E-state index contributed by atoms with van der Waals surface area (Å²) in [5.41, 5.74) is -1.58. The van der Waals surface area contributed by atoms with E-state index in [4.69, 9.17) is 27.9 Å². The van der Waals surface area contributed by atoms with Crippen LogP contribution >= 0.6 is 11.6 Å². The molecule has 3 N–H and O–H groups in total. The molecule has 1 saturated heterocycles. The predicted octanol–water partition coefficient (Wildman–Crippen LogP) is -2.21. The number of aromatic amines is 1. The minimum absolute atomic E-state index is 0.536.